The van der Waals surface area contributed by atoms with Crippen LogP contribution in [0.2, 0.25) is 0 Å². The molecule has 104 valence electrons. The van der Waals surface area contributed by atoms with Gasteiger partial charge in [-0.15, -0.1) is 0 Å². The van der Waals surface area contributed by atoms with Gasteiger partial charge >= 0.3 is 0 Å². The largest absolute Gasteiger partial charge is 0.354 e. The zero-order chi connectivity index (χ0) is 13.0. The fourth-order valence-electron chi connectivity index (χ4n) is 3.07. The summed E-state index contributed by atoms with van der Waals surface area (Å²) in [4.78, 5) is 16.2. The topological polar surface area (TPSA) is 47.6 Å². The predicted molar refractivity (Wildman–Crippen MR) is 72.6 cm³/mol. The molecule has 18 heavy (non-hydrogen) atoms. The van der Waals surface area contributed by atoms with Gasteiger partial charge in [0.2, 0.25) is 5.91 Å². The van der Waals surface area contributed by atoms with E-state index in [1.54, 1.807) is 6.92 Å². The highest BCUT2D eigenvalue weighted by Gasteiger charge is 2.38. The maximum atomic E-state index is 11.2. The lowest BCUT2D eigenvalue weighted by Crippen LogP contribution is -2.63. The van der Waals surface area contributed by atoms with Crippen LogP contribution in [0, 0.1) is 0 Å². The van der Waals surface area contributed by atoms with Crippen molar-refractivity contribution in [2.24, 2.45) is 0 Å². The molecule has 5 nitrogen and oxygen atoms in total. The molecule has 0 aromatic rings. The highest BCUT2D eigenvalue weighted by atomic mass is 16.1. The lowest BCUT2D eigenvalue weighted by Gasteiger charge is -2.49. The Labute approximate surface area is 110 Å². The third-order valence-corrected chi connectivity index (χ3v) is 4.37. The maximum absolute atomic E-state index is 11.2. The van der Waals surface area contributed by atoms with Gasteiger partial charge in [-0.1, -0.05) is 0 Å². The molecule has 0 unspecified atom stereocenters. The van der Waals surface area contributed by atoms with E-state index in [1.165, 1.54) is 0 Å². The van der Waals surface area contributed by atoms with Crippen LogP contribution in [-0.4, -0.2) is 74.1 Å². The fourth-order valence-corrected chi connectivity index (χ4v) is 3.07. The monoisotopic (exact) mass is 254 g/mol. The number of piperidine rings is 1. The summed E-state index contributed by atoms with van der Waals surface area (Å²) in [6, 6.07) is 0. The summed E-state index contributed by atoms with van der Waals surface area (Å²) in [7, 11) is 2.18. The highest BCUT2D eigenvalue weighted by Crippen LogP contribution is 2.26. The molecule has 1 amide bonds. The van der Waals surface area contributed by atoms with E-state index in [0.717, 1.165) is 58.7 Å². The average Bonchev–Trinajstić information content (AvgIpc) is 2.38. The number of carbonyl (C=O) groups excluding carboxylic acids is 1. The second-order valence-electron chi connectivity index (χ2n) is 5.67. The van der Waals surface area contributed by atoms with Crippen molar-refractivity contribution in [3.8, 4) is 0 Å². The molecule has 2 fully saturated rings. The van der Waals surface area contributed by atoms with Crippen molar-refractivity contribution in [2.75, 3.05) is 52.9 Å². The highest BCUT2D eigenvalue weighted by molar-refractivity contribution is 5.72. The number of carbonyl (C=O) groups is 1. The van der Waals surface area contributed by atoms with Gasteiger partial charge in [-0.25, -0.2) is 0 Å². The number of amides is 1. The van der Waals surface area contributed by atoms with Crippen LogP contribution in [0.15, 0.2) is 0 Å². The summed E-state index contributed by atoms with van der Waals surface area (Å²) < 4.78 is 0. The van der Waals surface area contributed by atoms with Gasteiger partial charge in [0.25, 0.3) is 0 Å². The molecule has 2 N–H and O–H groups in total. The van der Waals surface area contributed by atoms with E-state index in [4.69, 9.17) is 0 Å². The minimum Gasteiger partial charge on any atom is -0.354 e. The predicted octanol–water partition coefficient (Wildman–Crippen LogP) is -0.508. The van der Waals surface area contributed by atoms with Gasteiger partial charge in [0, 0.05) is 45.2 Å². The van der Waals surface area contributed by atoms with Gasteiger partial charge in [-0.2, -0.15) is 0 Å². The van der Waals surface area contributed by atoms with Crippen LogP contribution in [0.4, 0.5) is 0 Å². The van der Waals surface area contributed by atoms with Crippen LogP contribution in [0.3, 0.4) is 0 Å². The number of rotatable bonds is 3. The van der Waals surface area contributed by atoms with E-state index in [9.17, 15) is 4.79 Å². The molecular formula is C13H26N4O. The summed E-state index contributed by atoms with van der Waals surface area (Å²) in [6.45, 7) is 9.04. The number of piperazine rings is 1. The molecule has 0 aromatic heterocycles. The van der Waals surface area contributed by atoms with Crippen LogP contribution in [0.1, 0.15) is 19.8 Å². The van der Waals surface area contributed by atoms with E-state index >= 15 is 0 Å². The van der Waals surface area contributed by atoms with Crippen LogP contribution >= 0.6 is 0 Å². The Kier molecular flexibility index (Phi) is 4.59. The maximum Gasteiger partial charge on any atom is 0.216 e. The third-order valence-electron chi connectivity index (χ3n) is 4.37. The first-order chi connectivity index (χ1) is 8.62. The van der Waals surface area contributed by atoms with E-state index in [1.807, 2.05) is 0 Å². The van der Waals surface area contributed by atoms with Gasteiger partial charge in [0.1, 0.15) is 0 Å². The van der Waals surface area contributed by atoms with Crippen LogP contribution < -0.4 is 10.6 Å². The number of hydrogen-bond donors (Lipinski definition) is 2. The van der Waals surface area contributed by atoms with Gasteiger partial charge in [-0.3, -0.25) is 9.69 Å². The van der Waals surface area contributed by atoms with E-state index in [-0.39, 0.29) is 11.4 Å². The number of nitrogens with one attached hydrogen (secondary N) is 2. The van der Waals surface area contributed by atoms with Crippen molar-refractivity contribution in [2.45, 2.75) is 25.3 Å². The third kappa shape index (κ3) is 3.22. The average molecular weight is 254 g/mol. The standard InChI is InChI=1S/C13H26N4O/c1-12(18)15-11-13(3-5-14-6-4-13)17-9-7-16(2)8-10-17/h14H,3-11H2,1-2H3,(H,15,18). The summed E-state index contributed by atoms with van der Waals surface area (Å²) in [5.41, 5.74) is 0.179. The molecule has 0 aromatic carbocycles. The minimum atomic E-state index is 0.0852. The van der Waals surface area contributed by atoms with Crippen molar-refractivity contribution in [3.05, 3.63) is 0 Å². The van der Waals surface area contributed by atoms with Gasteiger partial charge in [-0.05, 0) is 33.0 Å². The van der Waals surface area contributed by atoms with Gasteiger partial charge < -0.3 is 15.5 Å². The molecular weight excluding hydrogens is 228 g/mol. The molecule has 0 saturated carbocycles. The lowest BCUT2D eigenvalue weighted by molar-refractivity contribution is -0.120. The molecule has 2 aliphatic heterocycles. The van der Waals surface area contributed by atoms with E-state index in [0.29, 0.717) is 0 Å². The Morgan fingerprint density at radius 1 is 1.22 bits per heavy atom. The van der Waals surface area contributed by atoms with Crippen molar-refractivity contribution < 1.29 is 4.79 Å². The van der Waals surface area contributed by atoms with Crippen molar-refractivity contribution >= 4 is 5.91 Å². The zero-order valence-electron chi connectivity index (χ0n) is 11.7. The second kappa shape index (κ2) is 5.99. The summed E-state index contributed by atoms with van der Waals surface area (Å²) in [5.74, 6) is 0.0852. The fraction of sp³-hybridized carbons (Fsp3) is 0.923. The first-order valence-corrected chi connectivity index (χ1v) is 7.01. The van der Waals surface area contributed by atoms with E-state index in [2.05, 4.69) is 27.5 Å². The molecule has 2 aliphatic rings. The first-order valence-electron chi connectivity index (χ1n) is 7.01. The van der Waals surface area contributed by atoms with Crippen molar-refractivity contribution in [3.63, 3.8) is 0 Å². The molecule has 2 saturated heterocycles. The number of likely N-dealkylation sites (N-methyl/N-ethyl adjacent to an activating group) is 1. The summed E-state index contributed by atoms with van der Waals surface area (Å²) in [5, 5.41) is 6.47. The molecule has 5 heteroatoms. The minimum absolute atomic E-state index is 0.0852. The zero-order valence-corrected chi connectivity index (χ0v) is 11.7. The Morgan fingerprint density at radius 2 is 1.83 bits per heavy atom. The van der Waals surface area contributed by atoms with Crippen LogP contribution in [-0.2, 0) is 4.79 Å². The van der Waals surface area contributed by atoms with Gasteiger partial charge in [0.15, 0.2) is 0 Å². The van der Waals surface area contributed by atoms with Crippen molar-refractivity contribution in [1.82, 2.24) is 20.4 Å². The van der Waals surface area contributed by atoms with Crippen LogP contribution in [0.25, 0.3) is 0 Å². The Bertz CT molecular complexity index is 281. The number of nitrogens with zero attached hydrogens (tertiary/aromatic N) is 2. The van der Waals surface area contributed by atoms with Gasteiger partial charge in [0.05, 0.1) is 0 Å². The smallest absolute Gasteiger partial charge is 0.216 e. The molecule has 0 bridgehead atoms. The van der Waals surface area contributed by atoms with Crippen molar-refractivity contribution in [1.29, 1.82) is 0 Å². The molecule has 2 rings (SSSR count). The summed E-state index contributed by atoms with van der Waals surface area (Å²) in [6.07, 6.45) is 2.27. The first kappa shape index (κ1) is 13.8. The molecule has 0 radical (unpaired) electrons. The quantitative estimate of drug-likeness (QED) is 0.712. The van der Waals surface area contributed by atoms with E-state index < -0.39 is 0 Å². The second-order valence-corrected chi connectivity index (χ2v) is 5.67. The molecule has 0 aliphatic carbocycles. The Hall–Kier alpha value is -0.650. The molecule has 0 atom stereocenters. The Balaban J connectivity index is 2.01. The summed E-state index contributed by atoms with van der Waals surface area (Å²) >= 11 is 0. The Morgan fingerprint density at radius 3 is 2.39 bits per heavy atom. The molecule has 2 heterocycles. The SMILES string of the molecule is CC(=O)NCC1(N2CCN(C)CC2)CCNCC1. The molecule has 0 spiro atoms. The lowest BCUT2D eigenvalue weighted by atomic mass is 9.85. The number of hydrogen-bond acceptors (Lipinski definition) is 4. The van der Waals surface area contributed by atoms with Crippen LogP contribution in [0.5, 0.6) is 0 Å². The normalized spacial score (nSPS) is 25.9.